The average Bonchev–Trinajstić information content (AvgIpc) is 2.27. The van der Waals surface area contributed by atoms with Gasteiger partial charge in [0.15, 0.2) is 0 Å². The molecular weight excluding hydrogens is 228 g/mol. The Bertz CT molecular complexity index is 321. The van der Waals surface area contributed by atoms with Gasteiger partial charge >= 0.3 is 0 Å². The second kappa shape index (κ2) is 4.17. The number of nitrogens with two attached hydrogens (primary N) is 1. The van der Waals surface area contributed by atoms with Crippen LogP contribution < -0.4 is 5.73 Å². The van der Waals surface area contributed by atoms with Crippen molar-refractivity contribution in [2.45, 2.75) is 37.6 Å². The summed E-state index contributed by atoms with van der Waals surface area (Å²) in [6, 6.07) is 2.46. The molecule has 1 unspecified atom stereocenters. The molecule has 0 saturated heterocycles. The summed E-state index contributed by atoms with van der Waals surface area (Å²) in [5, 5.41) is 9.51. The Morgan fingerprint density at radius 1 is 1.18 bits per heavy atom. The molecule has 2 nitrogen and oxygen atoms in total. The van der Waals surface area contributed by atoms with Gasteiger partial charge in [-0.15, -0.1) is 0 Å². The van der Waals surface area contributed by atoms with Gasteiger partial charge < -0.3 is 5.73 Å². The van der Waals surface area contributed by atoms with E-state index in [1.54, 1.807) is 11.8 Å². The average molecular weight is 250 g/mol. The van der Waals surface area contributed by atoms with Gasteiger partial charge in [0.2, 0.25) is 0 Å². The second-order valence-corrected chi connectivity index (χ2v) is 7.41. The van der Waals surface area contributed by atoms with Crippen LogP contribution in [0.4, 0.5) is 0 Å². The van der Waals surface area contributed by atoms with Crippen molar-refractivity contribution in [2.24, 2.45) is 35.3 Å². The van der Waals surface area contributed by atoms with Crippen molar-refractivity contribution < 1.29 is 0 Å². The Labute approximate surface area is 108 Å². The lowest BCUT2D eigenvalue weighted by Gasteiger charge is -2.57. The Kier molecular flexibility index (Phi) is 2.91. The Morgan fingerprint density at radius 3 is 2.12 bits per heavy atom. The van der Waals surface area contributed by atoms with Crippen molar-refractivity contribution in [3.05, 3.63) is 0 Å². The van der Waals surface area contributed by atoms with Gasteiger partial charge in [0, 0.05) is 5.75 Å². The second-order valence-electron chi connectivity index (χ2n) is 6.54. The molecule has 2 N–H and O–H groups in total. The third kappa shape index (κ3) is 1.81. The maximum atomic E-state index is 9.51. The van der Waals surface area contributed by atoms with Gasteiger partial charge in [-0.1, -0.05) is 0 Å². The quantitative estimate of drug-likeness (QED) is 0.837. The summed E-state index contributed by atoms with van der Waals surface area (Å²) in [6.45, 7) is 0. The highest BCUT2D eigenvalue weighted by molar-refractivity contribution is 7.98. The van der Waals surface area contributed by atoms with E-state index in [1.807, 2.05) is 0 Å². The van der Waals surface area contributed by atoms with E-state index < -0.39 is 5.54 Å². The van der Waals surface area contributed by atoms with Gasteiger partial charge in [-0.25, -0.2) is 0 Å². The molecule has 4 fully saturated rings. The molecule has 0 aromatic heterocycles. The highest BCUT2D eigenvalue weighted by Crippen LogP contribution is 2.58. The Morgan fingerprint density at radius 2 is 1.71 bits per heavy atom. The number of rotatable bonds is 3. The number of hydrogen-bond donors (Lipinski definition) is 1. The fraction of sp³-hybridized carbons (Fsp3) is 0.929. The SMILES string of the molecule is CSCC(N)(C#N)C1C2CC3CC(C2)CC1C3. The number of thioether (sulfide) groups is 1. The largest absolute Gasteiger partial charge is 0.312 e. The minimum Gasteiger partial charge on any atom is -0.312 e. The van der Waals surface area contributed by atoms with Crippen molar-refractivity contribution >= 4 is 11.8 Å². The molecule has 0 amide bonds. The van der Waals surface area contributed by atoms with Gasteiger partial charge in [0.1, 0.15) is 5.54 Å². The summed E-state index contributed by atoms with van der Waals surface area (Å²) in [4.78, 5) is 0. The van der Waals surface area contributed by atoms with Gasteiger partial charge in [0.25, 0.3) is 0 Å². The summed E-state index contributed by atoms with van der Waals surface area (Å²) < 4.78 is 0. The molecule has 4 bridgehead atoms. The summed E-state index contributed by atoms with van der Waals surface area (Å²) >= 11 is 1.73. The van der Waals surface area contributed by atoms with Crippen molar-refractivity contribution in [1.29, 1.82) is 5.26 Å². The van der Waals surface area contributed by atoms with Crippen molar-refractivity contribution in [3.8, 4) is 6.07 Å². The molecule has 1 atom stereocenters. The van der Waals surface area contributed by atoms with Crippen LogP contribution in [-0.2, 0) is 0 Å². The van der Waals surface area contributed by atoms with E-state index in [0.29, 0.717) is 5.92 Å². The van der Waals surface area contributed by atoms with E-state index in [1.165, 1.54) is 32.1 Å². The van der Waals surface area contributed by atoms with Crippen LogP contribution in [0.15, 0.2) is 0 Å². The highest BCUT2D eigenvalue weighted by atomic mass is 32.2. The van der Waals surface area contributed by atoms with Crippen LogP contribution in [0.2, 0.25) is 0 Å². The first kappa shape index (κ1) is 11.9. The van der Waals surface area contributed by atoms with Gasteiger partial charge in [0.05, 0.1) is 6.07 Å². The van der Waals surface area contributed by atoms with E-state index in [4.69, 9.17) is 5.73 Å². The zero-order valence-corrected chi connectivity index (χ0v) is 11.4. The molecule has 4 saturated carbocycles. The predicted molar refractivity (Wildman–Crippen MR) is 71.4 cm³/mol. The smallest absolute Gasteiger partial charge is 0.116 e. The lowest BCUT2D eigenvalue weighted by Crippen LogP contribution is -2.59. The van der Waals surface area contributed by atoms with E-state index in [2.05, 4.69) is 12.3 Å². The van der Waals surface area contributed by atoms with E-state index >= 15 is 0 Å². The van der Waals surface area contributed by atoms with E-state index in [-0.39, 0.29) is 0 Å². The maximum absolute atomic E-state index is 9.51. The molecule has 17 heavy (non-hydrogen) atoms. The van der Waals surface area contributed by atoms with Crippen LogP contribution in [0, 0.1) is 40.9 Å². The van der Waals surface area contributed by atoms with Crippen molar-refractivity contribution in [2.75, 3.05) is 12.0 Å². The topological polar surface area (TPSA) is 49.8 Å². The Balaban J connectivity index is 1.86. The fourth-order valence-electron chi connectivity index (χ4n) is 5.21. The van der Waals surface area contributed by atoms with Gasteiger partial charge in [-0.05, 0) is 67.9 Å². The number of nitrogens with zero attached hydrogens (tertiary/aromatic N) is 1. The van der Waals surface area contributed by atoms with Crippen LogP contribution in [0.25, 0.3) is 0 Å². The minimum absolute atomic E-state index is 0.479. The third-order valence-corrected chi connectivity index (χ3v) is 6.18. The van der Waals surface area contributed by atoms with E-state index in [0.717, 1.165) is 29.4 Å². The number of hydrogen-bond acceptors (Lipinski definition) is 3. The monoisotopic (exact) mass is 250 g/mol. The lowest BCUT2D eigenvalue weighted by molar-refractivity contribution is -0.0548. The molecule has 0 spiro atoms. The molecule has 0 aliphatic heterocycles. The first-order chi connectivity index (χ1) is 8.16. The standard InChI is InChI=1S/C14H22N2S/c1-17-8-14(16,7-15)13-11-3-9-2-10(5-11)6-12(13)4-9/h9-13H,2-6,8,16H2,1H3. The number of nitriles is 1. The third-order valence-electron chi connectivity index (χ3n) is 5.41. The molecule has 4 aliphatic carbocycles. The van der Waals surface area contributed by atoms with Crippen LogP contribution in [0.1, 0.15) is 32.1 Å². The highest BCUT2D eigenvalue weighted by Gasteiger charge is 2.54. The maximum Gasteiger partial charge on any atom is 0.116 e. The van der Waals surface area contributed by atoms with Gasteiger partial charge in [-0.2, -0.15) is 17.0 Å². The fourth-order valence-corrected chi connectivity index (χ4v) is 5.94. The predicted octanol–water partition coefficient (Wildman–Crippen LogP) is 2.64. The lowest BCUT2D eigenvalue weighted by atomic mass is 9.48. The normalized spacial score (nSPS) is 46.5. The Hall–Kier alpha value is -0.200. The molecule has 0 aromatic carbocycles. The van der Waals surface area contributed by atoms with Crippen LogP contribution in [0.3, 0.4) is 0 Å². The summed E-state index contributed by atoms with van der Waals surface area (Å²) in [5.41, 5.74) is 5.88. The van der Waals surface area contributed by atoms with Crippen LogP contribution in [0.5, 0.6) is 0 Å². The zero-order chi connectivity index (χ0) is 12.0. The molecule has 3 heteroatoms. The summed E-state index contributed by atoms with van der Waals surface area (Å²) in [5.74, 6) is 4.71. The first-order valence-electron chi connectivity index (χ1n) is 6.85. The van der Waals surface area contributed by atoms with E-state index in [9.17, 15) is 5.26 Å². The van der Waals surface area contributed by atoms with Crippen molar-refractivity contribution in [3.63, 3.8) is 0 Å². The first-order valence-corrected chi connectivity index (χ1v) is 8.24. The molecule has 0 heterocycles. The molecule has 0 aromatic rings. The van der Waals surface area contributed by atoms with Crippen molar-refractivity contribution in [1.82, 2.24) is 0 Å². The summed E-state index contributed by atoms with van der Waals surface area (Å²) in [6.07, 6.45) is 8.94. The molecular formula is C14H22N2S. The van der Waals surface area contributed by atoms with Crippen LogP contribution >= 0.6 is 11.8 Å². The minimum atomic E-state index is -0.567. The van der Waals surface area contributed by atoms with Gasteiger partial charge in [-0.3, -0.25) is 0 Å². The zero-order valence-electron chi connectivity index (χ0n) is 10.6. The van der Waals surface area contributed by atoms with Crippen LogP contribution in [-0.4, -0.2) is 17.5 Å². The summed E-state index contributed by atoms with van der Waals surface area (Å²) in [7, 11) is 0. The molecule has 4 aliphatic rings. The molecule has 4 rings (SSSR count). The molecule has 94 valence electrons. The molecule has 0 radical (unpaired) electrons.